The third kappa shape index (κ3) is 2.38. The summed E-state index contributed by atoms with van der Waals surface area (Å²) in [4.78, 5) is 11.2. The fraction of sp³-hybridized carbons (Fsp3) is 0.0588. The summed E-state index contributed by atoms with van der Waals surface area (Å²) in [7, 11) is 0. The maximum Gasteiger partial charge on any atom is 0.341 e. The summed E-state index contributed by atoms with van der Waals surface area (Å²) in [5, 5.41) is 10.2. The van der Waals surface area contributed by atoms with Crippen LogP contribution in [-0.4, -0.2) is 11.1 Å². The van der Waals surface area contributed by atoms with Crippen LogP contribution in [0.1, 0.15) is 15.9 Å². The highest BCUT2D eigenvalue weighted by molar-refractivity contribution is 5.91. The summed E-state index contributed by atoms with van der Waals surface area (Å²) in [5.41, 5.74) is 2.48. The molecule has 98 valence electrons. The molecule has 2 aromatic carbocycles. The number of nitrogens with zero attached hydrogens (tertiary/aromatic N) is 1. The molecule has 0 atom stereocenters. The fourth-order valence-corrected chi connectivity index (χ4v) is 2.34. The molecule has 0 amide bonds. The van der Waals surface area contributed by atoms with Crippen LogP contribution in [0.5, 0.6) is 0 Å². The third-order valence-corrected chi connectivity index (χ3v) is 3.29. The van der Waals surface area contributed by atoms with Gasteiger partial charge >= 0.3 is 5.97 Å². The van der Waals surface area contributed by atoms with Gasteiger partial charge in [0.15, 0.2) is 12.7 Å². The van der Waals surface area contributed by atoms with E-state index in [1.54, 1.807) is 12.3 Å². The van der Waals surface area contributed by atoms with Crippen molar-refractivity contribution in [3.63, 3.8) is 0 Å². The molecule has 3 aromatic rings. The second kappa shape index (κ2) is 5.13. The molecule has 1 N–H and O–H groups in total. The van der Waals surface area contributed by atoms with Gasteiger partial charge in [-0.25, -0.2) is 4.79 Å². The van der Waals surface area contributed by atoms with Crippen LogP contribution in [0.25, 0.3) is 10.9 Å². The molecule has 3 heteroatoms. The Balaban J connectivity index is 2.15. The minimum atomic E-state index is -0.905. The van der Waals surface area contributed by atoms with Crippen LogP contribution in [-0.2, 0) is 6.54 Å². The summed E-state index contributed by atoms with van der Waals surface area (Å²) in [6, 6.07) is 19.5. The van der Waals surface area contributed by atoms with Crippen molar-refractivity contribution in [2.75, 3.05) is 0 Å². The molecule has 0 unspecified atom stereocenters. The van der Waals surface area contributed by atoms with E-state index >= 15 is 0 Å². The van der Waals surface area contributed by atoms with Crippen molar-refractivity contribution in [3.05, 3.63) is 78.0 Å². The Hall–Kier alpha value is -2.68. The Morgan fingerprint density at radius 3 is 2.45 bits per heavy atom. The molecule has 0 saturated heterocycles. The summed E-state index contributed by atoms with van der Waals surface area (Å²) in [5.74, 6) is -0.905. The Morgan fingerprint density at radius 2 is 1.70 bits per heavy atom. The average Bonchev–Trinajstić information content (AvgIpc) is 2.48. The van der Waals surface area contributed by atoms with Crippen molar-refractivity contribution in [2.45, 2.75) is 6.54 Å². The first-order chi connectivity index (χ1) is 9.74. The number of carbonyl (C=O) groups is 1. The highest BCUT2D eigenvalue weighted by atomic mass is 16.4. The number of benzene rings is 2. The Labute approximate surface area is 116 Å². The Kier molecular flexibility index (Phi) is 3.17. The zero-order valence-corrected chi connectivity index (χ0v) is 10.9. The predicted octanol–water partition coefficient (Wildman–Crippen LogP) is 2.87. The van der Waals surface area contributed by atoms with Gasteiger partial charge in [0.1, 0.15) is 5.56 Å². The van der Waals surface area contributed by atoms with E-state index in [1.807, 2.05) is 59.2 Å². The number of carboxylic acids is 1. The number of pyridine rings is 1. The molecule has 3 nitrogen and oxygen atoms in total. The van der Waals surface area contributed by atoms with Crippen molar-refractivity contribution < 1.29 is 14.5 Å². The molecule has 0 aliphatic heterocycles. The van der Waals surface area contributed by atoms with E-state index in [2.05, 4.69) is 0 Å². The maximum absolute atomic E-state index is 11.2. The summed E-state index contributed by atoms with van der Waals surface area (Å²) < 4.78 is 1.98. The number of hydrogen-bond donors (Lipinski definition) is 1. The largest absolute Gasteiger partial charge is 0.477 e. The van der Waals surface area contributed by atoms with Crippen LogP contribution in [0.4, 0.5) is 0 Å². The molecule has 0 spiro atoms. The van der Waals surface area contributed by atoms with E-state index in [-0.39, 0.29) is 0 Å². The quantitative estimate of drug-likeness (QED) is 0.739. The van der Waals surface area contributed by atoms with E-state index < -0.39 is 5.97 Å². The van der Waals surface area contributed by atoms with Gasteiger partial charge in [0.25, 0.3) is 0 Å². The highest BCUT2D eigenvalue weighted by Crippen LogP contribution is 2.12. The number of rotatable bonds is 3. The summed E-state index contributed by atoms with van der Waals surface area (Å²) in [6.45, 7) is 0.655. The van der Waals surface area contributed by atoms with Crippen molar-refractivity contribution in [3.8, 4) is 0 Å². The van der Waals surface area contributed by atoms with Gasteiger partial charge in [-0.2, -0.15) is 4.57 Å². The molecule has 20 heavy (non-hydrogen) atoms. The lowest BCUT2D eigenvalue weighted by atomic mass is 10.1. The third-order valence-electron chi connectivity index (χ3n) is 3.29. The van der Waals surface area contributed by atoms with Gasteiger partial charge < -0.3 is 5.11 Å². The molecule has 0 radical (unpaired) electrons. The maximum atomic E-state index is 11.2. The Morgan fingerprint density at radius 1 is 1.00 bits per heavy atom. The van der Waals surface area contributed by atoms with Crippen molar-refractivity contribution in [1.82, 2.24) is 0 Å². The molecule has 0 aliphatic rings. The molecule has 3 rings (SSSR count). The molecule has 1 aromatic heterocycles. The second-order valence-electron chi connectivity index (χ2n) is 4.71. The van der Waals surface area contributed by atoms with E-state index in [0.29, 0.717) is 12.1 Å². The van der Waals surface area contributed by atoms with Crippen molar-refractivity contribution in [1.29, 1.82) is 0 Å². The van der Waals surface area contributed by atoms with E-state index in [9.17, 15) is 9.90 Å². The lowest BCUT2D eigenvalue weighted by Crippen LogP contribution is -2.36. The van der Waals surface area contributed by atoms with Crippen LogP contribution >= 0.6 is 0 Å². The first-order valence-electron chi connectivity index (χ1n) is 6.43. The first kappa shape index (κ1) is 12.4. The van der Waals surface area contributed by atoms with Gasteiger partial charge in [-0.1, -0.05) is 42.5 Å². The SMILES string of the molecule is O=C(O)c1cc2ccccc2[n+](Cc2ccccc2)c1. The zero-order valence-electron chi connectivity index (χ0n) is 10.9. The van der Waals surface area contributed by atoms with Gasteiger partial charge in [-0.15, -0.1) is 0 Å². The topological polar surface area (TPSA) is 41.2 Å². The van der Waals surface area contributed by atoms with Gasteiger partial charge in [-0.05, 0) is 12.1 Å². The minimum absolute atomic E-state index is 0.305. The van der Waals surface area contributed by atoms with Crippen LogP contribution < -0.4 is 4.57 Å². The molecule has 1 heterocycles. The lowest BCUT2D eigenvalue weighted by Gasteiger charge is -2.03. The van der Waals surface area contributed by atoms with E-state index in [4.69, 9.17) is 0 Å². The molecule has 0 bridgehead atoms. The van der Waals surface area contributed by atoms with Crippen LogP contribution in [0.15, 0.2) is 66.9 Å². The number of carboxylic acid groups (broad SMARTS) is 1. The Bertz CT molecular complexity index is 766. The predicted molar refractivity (Wildman–Crippen MR) is 76.6 cm³/mol. The summed E-state index contributed by atoms with van der Waals surface area (Å²) >= 11 is 0. The number of para-hydroxylation sites is 1. The van der Waals surface area contributed by atoms with Crippen molar-refractivity contribution in [2.24, 2.45) is 0 Å². The number of aromatic nitrogens is 1. The van der Waals surface area contributed by atoms with Gasteiger partial charge in [0, 0.05) is 17.0 Å². The molecule has 0 saturated carbocycles. The van der Waals surface area contributed by atoms with Gasteiger partial charge in [0.2, 0.25) is 5.52 Å². The summed E-state index contributed by atoms with van der Waals surface area (Å²) in [6.07, 6.45) is 1.69. The van der Waals surface area contributed by atoms with Crippen molar-refractivity contribution >= 4 is 16.9 Å². The highest BCUT2D eigenvalue weighted by Gasteiger charge is 2.15. The molecule has 0 aliphatic carbocycles. The number of aromatic carboxylic acids is 1. The number of fused-ring (bicyclic) bond motifs is 1. The zero-order chi connectivity index (χ0) is 13.9. The van der Waals surface area contributed by atoms with Crippen LogP contribution in [0.2, 0.25) is 0 Å². The molecular weight excluding hydrogens is 250 g/mol. The smallest absolute Gasteiger partial charge is 0.341 e. The van der Waals surface area contributed by atoms with Crippen LogP contribution in [0.3, 0.4) is 0 Å². The first-order valence-corrected chi connectivity index (χ1v) is 6.43. The monoisotopic (exact) mass is 264 g/mol. The fourth-order valence-electron chi connectivity index (χ4n) is 2.34. The standard InChI is InChI=1S/C17H13NO2/c19-17(20)15-10-14-8-4-5-9-16(14)18(12-15)11-13-6-2-1-3-7-13/h1-10,12H,11H2/p+1. The van der Waals surface area contributed by atoms with Gasteiger partial charge in [-0.3, -0.25) is 0 Å². The second-order valence-corrected chi connectivity index (χ2v) is 4.71. The molecular formula is C17H14NO2+. The number of hydrogen-bond acceptors (Lipinski definition) is 1. The lowest BCUT2D eigenvalue weighted by molar-refractivity contribution is -0.662. The average molecular weight is 264 g/mol. The minimum Gasteiger partial charge on any atom is -0.477 e. The normalized spacial score (nSPS) is 10.6. The van der Waals surface area contributed by atoms with E-state index in [0.717, 1.165) is 16.5 Å². The van der Waals surface area contributed by atoms with Gasteiger partial charge in [0.05, 0.1) is 0 Å². The van der Waals surface area contributed by atoms with Crippen LogP contribution in [0, 0.1) is 0 Å². The van der Waals surface area contributed by atoms with E-state index in [1.165, 1.54) is 0 Å². The molecule has 0 fully saturated rings.